The molecule has 1 aromatic carbocycles. The van der Waals surface area contributed by atoms with E-state index in [4.69, 9.17) is 4.74 Å². The van der Waals surface area contributed by atoms with Crippen molar-refractivity contribution in [1.29, 1.82) is 0 Å². The van der Waals surface area contributed by atoms with Gasteiger partial charge in [0, 0.05) is 44.1 Å². The molecule has 2 heterocycles. The van der Waals surface area contributed by atoms with E-state index in [1.807, 2.05) is 35.6 Å². The molecule has 2 aromatic rings. The maximum atomic E-state index is 12.7. The molecule has 3 rings (SSSR count). The number of carbonyl (C=O) groups excluding carboxylic acids is 2. The van der Waals surface area contributed by atoms with Gasteiger partial charge >= 0.3 is 0 Å². The van der Waals surface area contributed by atoms with Crippen LogP contribution in [-0.4, -0.2) is 64.5 Å². The third kappa shape index (κ3) is 3.56. The molecule has 1 aliphatic rings. The normalized spacial score (nSPS) is 15.7. The van der Waals surface area contributed by atoms with Crippen molar-refractivity contribution in [2.75, 3.05) is 33.3 Å². The van der Waals surface area contributed by atoms with Crippen molar-refractivity contribution in [3.05, 3.63) is 48.0 Å². The van der Waals surface area contributed by atoms with Crippen LogP contribution in [0.4, 0.5) is 0 Å². The van der Waals surface area contributed by atoms with Crippen molar-refractivity contribution in [2.24, 2.45) is 0 Å². The second kappa shape index (κ2) is 7.59. The highest BCUT2D eigenvalue weighted by molar-refractivity contribution is 5.94. The monoisotopic (exact) mass is 356 g/mol. The summed E-state index contributed by atoms with van der Waals surface area (Å²) in [7, 11) is 1.58. The van der Waals surface area contributed by atoms with Gasteiger partial charge in [0.05, 0.1) is 7.11 Å². The largest absolute Gasteiger partial charge is 0.497 e. The van der Waals surface area contributed by atoms with Gasteiger partial charge in [-0.2, -0.15) is 0 Å². The highest BCUT2D eigenvalue weighted by Crippen LogP contribution is 2.17. The van der Waals surface area contributed by atoms with E-state index in [2.05, 4.69) is 4.98 Å². The fourth-order valence-electron chi connectivity index (χ4n) is 3.25. The maximum absolute atomic E-state index is 12.7. The SMILES string of the molecule is COc1cccc(C(=O)N2CCN(C(=O)[C@@H](C)n3ccnc3C)CC2)c1. The zero-order valence-corrected chi connectivity index (χ0v) is 15.4. The molecular formula is C19H24N4O3. The first kappa shape index (κ1) is 18.0. The number of carbonyl (C=O) groups is 2. The Morgan fingerprint density at radius 3 is 2.46 bits per heavy atom. The summed E-state index contributed by atoms with van der Waals surface area (Å²) >= 11 is 0. The molecule has 0 spiro atoms. The number of benzene rings is 1. The molecule has 138 valence electrons. The van der Waals surface area contributed by atoms with E-state index in [0.29, 0.717) is 37.5 Å². The smallest absolute Gasteiger partial charge is 0.254 e. The standard InChI is InChI=1S/C19H24N4O3/c1-14(23-8-7-20-15(23)2)18(24)21-9-11-22(12-10-21)19(25)16-5-4-6-17(13-16)26-3/h4-8,13-14H,9-12H2,1-3H3/t14-/m1/s1. The molecular weight excluding hydrogens is 332 g/mol. The Morgan fingerprint density at radius 1 is 1.15 bits per heavy atom. The third-order valence-electron chi connectivity index (χ3n) is 4.83. The minimum atomic E-state index is -0.293. The molecule has 1 fully saturated rings. The predicted octanol–water partition coefficient (Wildman–Crippen LogP) is 1.75. The van der Waals surface area contributed by atoms with Crippen LogP contribution >= 0.6 is 0 Å². The number of hydrogen-bond acceptors (Lipinski definition) is 4. The van der Waals surface area contributed by atoms with E-state index in [1.54, 1.807) is 36.4 Å². The first-order valence-electron chi connectivity index (χ1n) is 8.73. The van der Waals surface area contributed by atoms with Crippen molar-refractivity contribution in [1.82, 2.24) is 19.4 Å². The minimum absolute atomic E-state index is 0.0329. The quantitative estimate of drug-likeness (QED) is 0.837. The Labute approximate surface area is 153 Å². The number of hydrogen-bond donors (Lipinski definition) is 0. The molecule has 0 saturated carbocycles. The highest BCUT2D eigenvalue weighted by atomic mass is 16.5. The zero-order valence-electron chi connectivity index (χ0n) is 15.4. The number of ether oxygens (including phenoxy) is 1. The molecule has 26 heavy (non-hydrogen) atoms. The lowest BCUT2D eigenvalue weighted by Gasteiger charge is -2.36. The predicted molar refractivity (Wildman–Crippen MR) is 97.2 cm³/mol. The Balaban J connectivity index is 1.61. The zero-order chi connectivity index (χ0) is 18.7. The summed E-state index contributed by atoms with van der Waals surface area (Å²) in [6.07, 6.45) is 3.52. The molecule has 0 N–H and O–H groups in total. The summed E-state index contributed by atoms with van der Waals surface area (Å²) < 4.78 is 7.05. The second-order valence-electron chi connectivity index (χ2n) is 6.41. The fourth-order valence-corrected chi connectivity index (χ4v) is 3.25. The van der Waals surface area contributed by atoms with Gasteiger partial charge in [-0.15, -0.1) is 0 Å². The van der Waals surface area contributed by atoms with Gasteiger partial charge in [-0.05, 0) is 32.0 Å². The van der Waals surface area contributed by atoms with Crippen LogP contribution in [0.15, 0.2) is 36.7 Å². The van der Waals surface area contributed by atoms with E-state index in [-0.39, 0.29) is 17.9 Å². The molecule has 0 aliphatic carbocycles. The summed E-state index contributed by atoms with van der Waals surface area (Å²) in [6.45, 7) is 5.88. The number of aryl methyl sites for hydroxylation is 1. The van der Waals surface area contributed by atoms with Gasteiger partial charge in [0.1, 0.15) is 17.6 Å². The number of methoxy groups -OCH3 is 1. The van der Waals surface area contributed by atoms with E-state index in [1.165, 1.54) is 0 Å². The Morgan fingerprint density at radius 2 is 1.85 bits per heavy atom. The maximum Gasteiger partial charge on any atom is 0.254 e. The number of aromatic nitrogens is 2. The van der Waals surface area contributed by atoms with Crippen LogP contribution in [0.3, 0.4) is 0 Å². The first-order valence-corrected chi connectivity index (χ1v) is 8.73. The van der Waals surface area contributed by atoms with Crippen molar-refractivity contribution < 1.29 is 14.3 Å². The van der Waals surface area contributed by atoms with E-state index >= 15 is 0 Å². The molecule has 1 aliphatic heterocycles. The lowest BCUT2D eigenvalue weighted by atomic mass is 10.1. The van der Waals surface area contributed by atoms with Crippen molar-refractivity contribution in [3.8, 4) is 5.75 Å². The van der Waals surface area contributed by atoms with Crippen molar-refractivity contribution >= 4 is 11.8 Å². The average Bonchev–Trinajstić information content (AvgIpc) is 3.12. The van der Waals surface area contributed by atoms with Gasteiger partial charge < -0.3 is 19.1 Å². The summed E-state index contributed by atoms with van der Waals surface area (Å²) in [5.41, 5.74) is 0.603. The summed E-state index contributed by atoms with van der Waals surface area (Å²) in [6, 6.07) is 6.85. The molecule has 2 amide bonds. The van der Waals surface area contributed by atoms with Crippen LogP contribution in [0.2, 0.25) is 0 Å². The topological polar surface area (TPSA) is 67.7 Å². The number of rotatable bonds is 4. The average molecular weight is 356 g/mol. The number of nitrogens with zero attached hydrogens (tertiary/aromatic N) is 4. The minimum Gasteiger partial charge on any atom is -0.497 e. The lowest BCUT2D eigenvalue weighted by Crippen LogP contribution is -2.51. The van der Waals surface area contributed by atoms with Gasteiger partial charge in [-0.3, -0.25) is 9.59 Å². The summed E-state index contributed by atoms with van der Waals surface area (Å²) in [5.74, 6) is 1.50. The second-order valence-corrected chi connectivity index (χ2v) is 6.41. The third-order valence-corrected chi connectivity index (χ3v) is 4.83. The molecule has 1 aromatic heterocycles. The number of amides is 2. The van der Waals surface area contributed by atoms with Crippen molar-refractivity contribution in [2.45, 2.75) is 19.9 Å². The summed E-state index contributed by atoms with van der Waals surface area (Å²) in [4.78, 5) is 33.2. The molecule has 1 atom stereocenters. The van der Waals surface area contributed by atoms with E-state index < -0.39 is 0 Å². The van der Waals surface area contributed by atoms with Gasteiger partial charge in [0.15, 0.2) is 0 Å². The van der Waals surface area contributed by atoms with Crippen LogP contribution in [0.25, 0.3) is 0 Å². The Hall–Kier alpha value is -2.83. The Kier molecular flexibility index (Phi) is 5.25. The number of piperazine rings is 1. The number of imidazole rings is 1. The molecule has 1 saturated heterocycles. The molecule has 0 unspecified atom stereocenters. The van der Waals surface area contributed by atoms with Crippen LogP contribution in [0, 0.1) is 6.92 Å². The van der Waals surface area contributed by atoms with Crippen LogP contribution in [-0.2, 0) is 4.79 Å². The molecule has 7 heteroatoms. The van der Waals surface area contributed by atoms with Gasteiger partial charge in [-0.1, -0.05) is 6.07 Å². The highest BCUT2D eigenvalue weighted by Gasteiger charge is 2.28. The van der Waals surface area contributed by atoms with Gasteiger partial charge in [0.2, 0.25) is 5.91 Å². The molecule has 0 radical (unpaired) electrons. The van der Waals surface area contributed by atoms with Crippen LogP contribution < -0.4 is 4.74 Å². The van der Waals surface area contributed by atoms with Crippen LogP contribution in [0.5, 0.6) is 5.75 Å². The molecule has 0 bridgehead atoms. The van der Waals surface area contributed by atoms with Crippen molar-refractivity contribution in [3.63, 3.8) is 0 Å². The fraction of sp³-hybridized carbons (Fsp3) is 0.421. The first-order chi connectivity index (χ1) is 12.5. The Bertz CT molecular complexity index is 794. The lowest BCUT2D eigenvalue weighted by molar-refractivity contribution is -0.135. The van der Waals surface area contributed by atoms with Crippen LogP contribution in [0.1, 0.15) is 29.1 Å². The van der Waals surface area contributed by atoms with E-state index in [9.17, 15) is 9.59 Å². The molecule has 7 nitrogen and oxygen atoms in total. The van der Waals surface area contributed by atoms with Gasteiger partial charge in [-0.25, -0.2) is 4.98 Å². The van der Waals surface area contributed by atoms with Gasteiger partial charge in [0.25, 0.3) is 5.91 Å². The summed E-state index contributed by atoms with van der Waals surface area (Å²) in [5, 5.41) is 0. The van der Waals surface area contributed by atoms with E-state index in [0.717, 1.165) is 5.82 Å².